The van der Waals surface area contributed by atoms with Gasteiger partial charge in [0.15, 0.2) is 0 Å². The second kappa shape index (κ2) is 11.6. The van der Waals surface area contributed by atoms with Gasteiger partial charge in [-0.05, 0) is 93.2 Å². The van der Waals surface area contributed by atoms with E-state index in [0.717, 1.165) is 24.9 Å². The summed E-state index contributed by atoms with van der Waals surface area (Å²) in [4.78, 5) is 14.6. The predicted molar refractivity (Wildman–Crippen MR) is 142 cm³/mol. The molecule has 2 unspecified atom stereocenters. The minimum atomic E-state index is 0.0254. The number of carbonyl (C=O) groups excluding carboxylic acids is 1. The van der Waals surface area contributed by atoms with Crippen LogP contribution in [0.1, 0.15) is 72.5 Å². The first kappa shape index (κ1) is 24.4. The summed E-state index contributed by atoms with van der Waals surface area (Å²) in [5, 5.41) is 9.60. The highest BCUT2D eigenvalue weighted by atomic mass is 16.1. The fourth-order valence-corrected chi connectivity index (χ4v) is 5.32. The van der Waals surface area contributed by atoms with Crippen LogP contribution < -0.4 is 10.6 Å². The van der Waals surface area contributed by atoms with Gasteiger partial charge in [0.1, 0.15) is 0 Å². The van der Waals surface area contributed by atoms with Gasteiger partial charge < -0.3 is 15.5 Å². The summed E-state index contributed by atoms with van der Waals surface area (Å²) in [5.41, 5.74) is 3.48. The van der Waals surface area contributed by atoms with Gasteiger partial charge >= 0.3 is 0 Å². The van der Waals surface area contributed by atoms with Crippen LogP contribution in [-0.2, 0) is 0 Å². The number of rotatable bonds is 9. The second-order valence-electron chi connectivity index (χ2n) is 10.1. The van der Waals surface area contributed by atoms with E-state index in [1.807, 2.05) is 12.1 Å². The SMILES string of the molecule is C[C@@H](NC1CCCC(c2ccc(C(=O)NCCCN(C)C)cc2)C1)c1cccc2ccccc12. The number of carbonyl (C=O) groups is 1. The third-order valence-electron chi connectivity index (χ3n) is 7.16. The van der Waals surface area contributed by atoms with Crippen molar-refractivity contribution in [3.05, 3.63) is 83.4 Å². The molecule has 180 valence electrons. The van der Waals surface area contributed by atoms with Crippen molar-refractivity contribution < 1.29 is 4.79 Å². The first-order chi connectivity index (χ1) is 16.5. The second-order valence-corrected chi connectivity index (χ2v) is 10.1. The molecule has 4 rings (SSSR count). The zero-order chi connectivity index (χ0) is 23.9. The molecular weight excluding hydrogens is 418 g/mol. The van der Waals surface area contributed by atoms with Crippen LogP contribution in [0.25, 0.3) is 10.8 Å². The summed E-state index contributed by atoms with van der Waals surface area (Å²) in [6.45, 7) is 3.98. The maximum atomic E-state index is 12.4. The number of benzene rings is 3. The average molecular weight is 458 g/mol. The number of fused-ring (bicyclic) bond motifs is 1. The number of hydrogen-bond donors (Lipinski definition) is 2. The molecule has 4 nitrogen and oxygen atoms in total. The number of nitrogens with one attached hydrogen (secondary N) is 2. The maximum Gasteiger partial charge on any atom is 0.251 e. The highest BCUT2D eigenvalue weighted by Gasteiger charge is 2.25. The largest absolute Gasteiger partial charge is 0.352 e. The van der Waals surface area contributed by atoms with Crippen molar-refractivity contribution in [1.82, 2.24) is 15.5 Å². The van der Waals surface area contributed by atoms with Gasteiger partial charge in [0.2, 0.25) is 0 Å². The van der Waals surface area contributed by atoms with Crippen LogP contribution in [0.2, 0.25) is 0 Å². The van der Waals surface area contributed by atoms with Crippen molar-refractivity contribution in [2.75, 3.05) is 27.2 Å². The maximum absolute atomic E-state index is 12.4. The molecule has 0 bridgehead atoms. The molecule has 3 aromatic carbocycles. The van der Waals surface area contributed by atoms with Gasteiger partial charge in [-0.15, -0.1) is 0 Å². The standard InChI is InChI=1S/C30H39N3O/c1-22(28-14-7-10-24-9-4-5-13-29(24)28)32-27-12-6-11-26(21-27)23-15-17-25(18-16-23)30(34)31-19-8-20-33(2)3/h4-5,7,9-10,13-18,22,26-27,32H,6,8,11-12,19-21H2,1-3H3,(H,31,34)/t22-,26?,27?/m1/s1. The summed E-state index contributed by atoms with van der Waals surface area (Å²) in [7, 11) is 4.10. The lowest BCUT2D eigenvalue weighted by Crippen LogP contribution is -2.35. The smallest absolute Gasteiger partial charge is 0.251 e. The van der Waals surface area contributed by atoms with Gasteiger partial charge in [-0.1, -0.05) is 61.0 Å². The van der Waals surface area contributed by atoms with E-state index in [0.29, 0.717) is 24.5 Å². The minimum Gasteiger partial charge on any atom is -0.352 e. The summed E-state index contributed by atoms with van der Waals surface area (Å²) >= 11 is 0. The molecule has 0 aromatic heterocycles. The van der Waals surface area contributed by atoms with E-state index in [1.54, 1.807) is 0 Å². The topological polar surface area (TPSA) is 44.4 Å². The molecule has 3 atom stereocenters. The van der Waals surface area contributed by atoms with Crippen molar-refractivity contribution in [3.8, 4) is 0 Å². The Morgan fingerprint density at radius 3 is 2.56 bits per heavy atom. The van der Waals surface area contributed by atoms with E-state index in [4.69, 9.17) is 0 Å². The van der Waals surface area contributed by atoms with E-state index in [9.17, 15) is 4.79 Å². The Kier molecular flexibility index (Phi) is 8.36. The first-order valence-corrected chi connectivity index (χ1v) is 12.8. The van der Waals surface area contributed by atoms with Crippen molar-refractivity contribution >= 4 is 16.7 Å². The zero-order valence-electron chi connectivity index (χ0n) is 20.9. The highest BCUT2D eigenvalue weighted by Crippen LogP contribution is 2.34. The first-order valence-electron chi connectivity index (χ1n) is 12.8. The van der Waals surface area contributed by atoms with Crippen LogP contribution in [0.4, 0.5) is 0 Å². The Labute approximate surface area is 204 Å². The third kappa shape index (κ3) is 6.25. The van der Waals surface area contributed by atoms with Crippen molar-refractivity contribution in [1.29, 1.82) is 0 Å². The molecule has 0 radical (unpaired) electrons. The van der Waals surface area contributed by atoms with E-state index in [-0.39, 0.29) is 5.91 Å². The van der Waals surface area contributed by atoms with E-state index in [1.165, 1.54) is 41.2 Å². The van der Waals surface area contributed by atoms with Gasteiger partial charge in [0, 0.05) is 24.2 Å². The van der Waals surface area contributed by atoms with Crippen molar-refractivity contribution in [3.63, 3.8) is 0 Å². The summed E-state index contributed by atoms with van der Waals surface area (Å²) < 4.78 is 0. The highest BCUT2D eigenvalue weighted by molar-refractivity contribution is 5.94. The Balaban J connectivity index is 1.34. The molecule has 1 fully saturated rings. The zero-order valence-corrected chi connectivity index (χ0v) is 20.9. The predicted octanol–water partition coefficient (Wildman–Crippen LogP) is 5.90. The molecule has 1 amide bonds. The Morgan fingerprint density at radius 2 is 1.76 bits per heavy atom. The number of nitrogens with zero attached hydrogens (tertiary/aromatic N) is 1. The fourth-order valence-electron chi connectivity index (χ4n) is 5.32. The van der Waals surface area contributed by atoms with Crippen molar-refractivity contribution in [2.45, 2.75) is 57.0 Å². The molecule has 0 aliphatic heterocycles. The number of amides is 1. The van der Waals surface area contributed by atoms with E-state index in [2.05, 4.69) is 91.1 Å². The lowest BCUT2D eigenvalue weighted by Gasteiger charge is -2.32. The molecule has 1 saturated carbocycles. The van der Waals surface area contributed by atoms with Crippen LogP contribution in [0.3, 0.4) is 0 Å². The summed E-state index contributed by atoms with van der Waals surface area (Å²) in [6, 6.07) is 24.4. The van der Waals surface area contributed by atoms with E-state index < -0.39 is 0 Å². The molecule has 0 saturated heterocycles. The monoisotopic (exact) mass is 457 g/mol. The molecule has 1 aliphatic rings. The van der Waals surface area contributed by atoms with Crippen LogP contribution >= 0.6 is 0 Å². The average Bonchev–Trinajstić information content (AvgIpc) is 2.86. The molecule has 0 heterocycles. The Morgan fingerprint density at radius 1 is 1.00 bits per heavy atom. The minimum absolute atomic E-state index is 0.0254. The lowest BCUT2D eigenvalue weighted by molar-refractivity contribution is 0.0952. The number of hydrogen-bond acceptors (Lipinski definition) is 3. The van der Waals surface area contributed by atoms with Gasteiger partial charge in [0.25, 0.3) is 5.91 Å². The lowest BCUT2D eigenvalue weighted by atomic mass is 9.80. The van der Waals surface area contributed by atoms with E-state index >= 15 is 0 Å². The molecule has 34 heavy (non-hydrogen) atoms. The normalized spacial score (nSPS) is 19.3. The summed E-state index contributed by atoms with van der Waals surface area (Å²) in [6.07, 6.45) is 5.78. The quantitative estimate of drug-likeness (QED) is 0.393. The molecule has 3 aromatic rings. The molecule has 2 N–H and O–H groups in total. The van der Waals surface area contributed by atoms with Gasteiger partial charge in [-0.2, -0.15) is 0 Å². The molecule has 1 aliphatic carbocycles. The fraction of sp³-hybridized carbons (Fsp3) is 0.433. The van der Waals surface area contributed by atoms with Crippen LogP contribution in [0.15, 0.2) is 66.7 Å². The Bertz CT molecular complexity index is 1070. The van der Waals surface area contributed by atoms with Gasteiger partial charge in [0.05, 0.1) is 0 Å². The molecule has 0 spiro atoms. The molecule has 4 heteroatoms. The van der Waals surface area contributed by atoms with Crippen LogP contribution in [-0.4, -0.2) is 44.0 Å². The summed E-state index contributed by atoms with van der Waals surface area (Å²) in [5.74, 6) is 0.570. The Hall–Kier alpha value is -2.69. The van der Waals surface area contributed by atoms with Gasteiger partial charge in [-0.25, -0.2) is 0 Å². The third-order valence-corrected chi connectivity index (χ3v) is 7.16. The van der Waals surface area contributed by atoms with Crippen LogP contribution in [0, 0.1) is 0 Å². The molecular formula is C30H39N3O. The van der Waals surface area contributed by atoms with Gasteiger partial charge in [-0.3, -0.25) is 4.79 Å². The van der Waals surface area contributed by atoms with Crippen molar-refractivity contribution in [2.24, 2.45) is 0 Å². The van der Waals surface area contributed by atoms with Crippen LogP contribution in [0.5, 0.6) is 0 Å².